The van der Waals surface area contributed by atoms with Crippen molar-refractivity contribution in [1.29, 1.82) is 0 Å². The quantitative estimate of drug-likeness (QED) is 0.162. The summed E-state index contributed by atoms with van der Waals surface area (Å²) in [7, 11) is -3.46. The molecule has 0 unspecified atom stereocenters. The Labute approximate surface area is 142 Å². The van der Waals surface area contributed by atoms with Gasteiger partial charge in [-0.1, -0.05) is 71.1 Å². The predicted molar refractivity (Wildman–Crippen MR) is 92.2 cm³/mol. The highest BCUT2D eigenvalue weighted by atomic mass is 31.2. The number of unbranched alkanes of at least 4 members (excludes halogenated alkanes) is 10. The molecule has 1 fully saturated rings. The Balaban J connectivity index is 1.82. The van der Waals surface area contributed by atoms with Gasteiger partial charge in [0.15, 0.2) is 0 Å². The van der Waals surface area contributed by atoms with Gasteiger partial charge in [0.05, 0.1) is 19.8 Å². The monoisotopic (exact) mass is 350 g/mol. The first kappa shape index (κ1) is 21.1. The smallest absolute Gasteiger partial charge is 0.285 e. The van der Waals surface area contributed by atoms with Crippen LogP contribution in [0.15, 0.2) is 0 Å². The normalized spacial score (nSPS) is 18.0. The third kappa shape index (κ3) is 12.1. The first-order chi connectivity index (χ1) is 11.3. The molecule has 0 bridgehead atoms. The fraction of sp³-hybridized carbons (Fsp3) is 1.00. The van der Waals surface area contributed by atoms with Crippen molar-refractivity contribution in [2.24, 2.45) is 0 Å². The van der Waals surface area contributed by atoms with Gasteiger partial charge in [0.2, 0.25) is 0 Å². The Morgan fingerprint density at radius 2 is 1.26 bits per heavy atom. The first-order valence-corrected chi connectivity index (χ1v) is 10.9. The summed E-state index contributed by atoms with van der Waals surface area (Å²) in [4.78, 5) is 5.00. The molecule has 138 valence electrons. The molecule has 0 spiro atoms. The summed E-state index contributed by atoms with van der Waals surface area (Å²) in [5.41, 5.74) is 0. The molecule has 0 N–H and O–H groups in total. The topological polar surface area (TPSA) is 54.0 Å². The number of phosphoric ester groups is 1. The SMILES string of the molecule is CCCCCCCCCCCCCOOP1(=O)OCCCCO1. The van der Waals surface area contributed by atoms with Crippen molar-refractivity contribution in [3.8, 4) is 0 Å². The molecule has 23 heavy (non-hydrogen) atoms. The molecule has 1 aliphatic rings. The lowest BCUT2D eigenvalue weighted by Gasteiger charge is -2.13. The van der Waals surface area contributed by atoms with Gasteiger partial charge in [0.1, 0.15) is 0 Å². The molecular weight excluding hydrogens is 315 g/mol. The molecule has 5 nitrogen and oxygen atoms in total. The van der Waals surface area contributed by atoms with Gasteiger partial charge in [-0.2, -0.15) is 0 Å². The van der Waals surface area contributed by atoms with Crippen LogP contribution in [-0.2, 0) is 23.2 Å². The molecule has 0 radical (unpaired) electrons. The standard InChI is InChI=1S/C17H35O5P/c1-2-3-4-5-6-7-8-9-10-11-12-15-19-22-23(18)20-16-13-14-17-21-23/h2-17H2,1H3. The van der Waals surface area contributed by atoms with Crippen molar-refractivity contribution in [3.63, 3.8) is 0 Å². The van der Waals surface area contributed by atoms with Crippen molar-refractivity contribution in [3.05, 3.63) is 0 Å². The number of rotatable bonds is 14. The molecule has 0 atom stereocenters. The van der Waals surface area contributed by atoms with E-state index in [1.807, 2.05) is 0 Å². The summed E-state index contributed by atoms with van der Waals surface area (Å²) in [6.45, 7) is 3.50. The fourth-order valence-electron chi connectivity index (χ4n) is 2.56. The van der Waals surface area contributed by atoms with Crippen LogP contribution in [-0.4, -0.2) is 19.8 Å². The average Bonchev–Trinajstić information content (AvgIpc) is 2.77. The van der Waals surface area contributed by atoms with E-state index >= 15 is 0 Å². The lowest BCUT2D eigenvalue weighted by molar-refractivity contribution is -0.226. The second-order valence-corrected chi connectivity index (χ2v) is 7.81. The zero-order valence-corrected chi connectivity index (χ0v) is 15.7. The minimum atomic E-state index is -3.46. The minimum Gasteiger partial charge on any atom is -0.285 e. The van der Waals surface area contributed by atoms with E-state index in [0.29, 0.717) is 19.8 Å². The molecule has 1 rings (SSSR count). The minimum absolute atomic E-state index is 0.402. The Hall–Kier alpha value is 0.0700. The molecule has 6 heteroatoms. The summed E-state index contributed by atoms with van der Waals surface area (Å²) in [6.07, 6.45) is 15.8. The zero-order chi connectivity index (χ0) is 16.6. The van der Waals surface area contributed by atoms with E-state index in [-0.39, 0.29) is 0 Å². The van der Waals surface area contributed by atoms with Gasteiger partial charge in [-0.05, 0) is 19.3 Å². The molecule has 1 saturated heterocycles. The number of phosphoric acid groups is 1. The summed E-state index contributed by atoms with van der Waals surface area (Å²) >= 11 is 0. The van der Waals surface area contributed by atoms with Crippen molar-refractivity contribution in [2.45, 2.75) is 90.4 Å². The van der Waals surface area contributed by atoms with Crippen LogP contribution < -0.4 is 0 Å². The van der Waals surface area contributed by atoms with Crippen molar-refractivity contribution >= 4 is 7.82 Å². The molecule has 0 aromatic heterocycles. The maximum absolute atomic E-state index is 12.0. The summed E-state index contributed by atoms with van der Waals surface area (Å²) < 4.78 is 27.0. The van der Waals surface area contributed by atoms with Crippen LogP contribution in [0.25, 0.3) is 0 Å². The van der Waals surface area contributed by atoms with Crippen LogP contribution in [0.3, 0.4) is 0 Å². The van der Waals surface area contributed by atoms with Gasteiger partial charge in [-0.3, -0.25) is 9.05 Å². The van der Waals surface area contributed by atoms with Crippen molar-refractivity contribution in [1.82, 2.24) is 0 Å². The van der Waals surface area contributed by atoms with Gasteiger partial charge < -0.3 is 0 Å². The van der Waals surface area contributed by atoms with E-state index in [2.05, 4.69) is 6.92 Å². The van der Waals surface area contributed by atoms with Crippen molar-refractivity contribution in [2.75, 3.05) is 19.8 Å². The molecular formula is C17H35O5P. The maximum atomic E-state index is 12.0. The van der Waals surface area contributed by atoms with Gasteiger partial charge in [0.25, 0.3) is 0 Å². The van der Waals surface area contributed by atoms with Crippen LogP contribution in [0.5, 0.6) is 0 Å². The highest BCUT2D eigenvalue weighted by Crippen LogP contribution is 2.51. The molecule has 1 aliphatic heterocycles. The lowest BCUT2D eigenvalue weighted by atomic mass is 10.1. The van der Waals surface area contributed by atoms with Gasteiger partial charge in [0, 0.05) is 0 Å². The molecule has 0 saturated carbocycles. The van der Waals surface area contributed by atoms with Crippen LogP contribution >= 0.6 is 7.82 Å². The van der Waals surface area contributed by atoms with Crippen molar-refractivity contribution < 1.29 is 23.2 Å². The van der Waals surface area contributed by atoms with Crippen LogP contribution in [0.1, 0.15) is 90.4 Å². The first-order valence-electron chi connectivity index (χ1n) is 9.47. The van der Waals surface area contributed by atoms with Gasteiger partial charge >= 0.3 is 7.82 Å². The number of hydrogen-bond acceptors (Lipinski definition) is 5. The van der Waals surface area contributed by atoms with E-state index in [4.69, 9.17) is 18.6 Å². The summed E-state index contributed by atoms with van der Waals surface area (Å²) in [5.74, 6) is 0. The van der Waals surface area contributed by atoms with E-state index in [0.717, 1.165) is 25.7 Å². The fourth-order valence-corrected chi connectivity index (χ4v) is 3.63. The maximum Gasteiger partial charge on any atom is 0.502 e. The molecule has 0 amide bonds. The highest BCUT2D eigenvalue weighted by Gasteiger charge is 2.29. The van der Waals surface area contributed by atoms with Gasteiger partial charge in [-0.15, -0.1) is 4.67 Å². The van der Waals surface area contributed by atoms with E-state index in [9.17, 15) is 4.57 Å². The highest BCUT2D eigenvalue weighted by molar-refractivity contribution is 7.48. The van der Waals surface area contributed by atoms with Crippen LogP contribution in [0, 0.1) is 0 Å². The average molecular weight is 350 g/mol. The third-order valence-corrected chi connectivity index (χ3v) is 5.30. The Kier molecular flexibility index (Phi) is 13.2. The lowest BCUT2D eigenvalue weighted by Crippen LogP contribution is -2.00. The zero-order valence-electron chi connectivity index (χ0n) is 14.8. The second-order valence-electron chi connectivity index (χ2n) is 6.25. The van der Waals surface area contributed by atoms with Gasteiger partial charge in [-0.25, -0.2) is 9.45 Å². The predicted octanol–water partition coefficient (Wildman–Crippen LogP) is 6.18. The number of hydrogen-bond donors (Lipinski definition) is 0. The Morgan fingerprint density at radius 1 is 0.783 bits per heavy atom. The molecule has 1 heterocycles. The molecule has 0 aromatic carbocycles. The summed E-state index contributed by atoms with van der Waals surface area (Å²) in [5, 5.41) is 0. The van der Waals surface area contributed by atoms with E-state index in [1.165, 1.54) is 57.8 Å². The Morgan fingerprint density at radius 3 is 1.78 bits per heavy atom. The van der Waals surface area contributed by atoms with E-state index < -0.39 is 7.82 Å². The van der Waals surface area contributed by atoms with E-state index in [1.54, 1.807) is 0 Å². The summed E-state index contributed by atoms with van der Waals surface area (Å²) in [6, 6.07) is 0. The Bertz CT molecular complexity index is 299. The largest absolute Gasteiger partial charge is 0.502 e. The third-order valence-electron chi connectivity index (χ3n) is 4.01. The van der Waals surface area contributed by atoms with Crippen LogP contribution in [0.2, 0.25) is 0 Å². The molecule has 0 aromatic rings. The van der Waals surface area contributed by atoms with Crippen LogP contribution in [0.4, 0.5) is 0 Å². The molecule has 0 aliphatic carbocycles. The second kappa shape index (κ2) is 14.4.